The van der Waals surface area contributed by atoms with Crippen LogP contribution in [0.4, 0.5) is 9.18 Å². The van der Waals surface area contributed by atoms with Crippen LogP contribution >= 0.6 is 0 Å². The third-order valence-electron chi connectivity index (χ3n) is 13.1. The van der Waals surface area contributed by atoms with Gasteiger partial charge < -0.3 is 19.7 Å². The summed E-state index contributed by atoms with van der Waals surface area (Å²) in [6.45, 7) is 7.63. The molecule has 308 valence electrons. The summed E-state index contributed by atoms with van der Waals surface area (Å²) in [4.78, 5) is 63.2. The van der Waals surface area contributed by atoms with E-state index in [1.165, 1.54) is 11.0 Å². The van der Waals surface area contributed by atoms with Crippen LogP contribution in [0.1, 0.15) is 128 Å². The van der Waals surface area contributed by atoms with Gasteiger partial charge >= 0.3 is 6.09 Å². The molecule has 3 aliphatic carbocycles. The number of hydrogen-bond acceptors (Lipinski definition) is 9. The molecule has 6 aliphatic rings. The van der Waals surface area contributed by atoms with E-state index in [4.69, 9.17) is 14.5 Å². The van der Waals surface area contributed by atoms with Crippen molar-refractivity contribution in [3.8, 4) is 5.75 Å². The van der Waals surface area contributed by atoms with E-state index in [-0.39, 0.29) is 49.0 Å². The number of hydrogen-bond donors (Lipinski definition) is 2. The Bertz CT molecular complexity index is 2140. The van der Waals surface area contributed by atoms with Crippen molar-refractivity contribution in [2.24, 2.45) is 16.7 Å². The standard InChI is InChI=1S/C43H55FN4O8S/c1-40(2,3)25-55-39(52)45-31-14-9-7-5-6-8-11-27-21-43(27,38(51)47-57(53,54)41(4)19-20-41)23-33(49)32-22-42(24-48(32)37(31)50)18-17-29-28-12-10-13-30(44)35(28)46-34(26-15-16-26)36(29)56-42/h8,10-13,26-27,31-32H,5-7,9,14-25H2,1-4H3,(H,45,52)(H,47,51)/b11-8-/t27-,31+,32+,42-,43-/m1/s1. The molecule has 12 nitrogen and oxygen atoms in total. The molecule has 2 aromatic rings. The quantitative estimate of drug-likeness (QED) is 0.309. The Morgan fingerprint density at radius 1 is 1.07 bits per heavy atom. The monoisotopic (exact) mass is 806 g/mol. The van der Waals surface area contributed by atoms with Crippen molar-refractivity contribution in [3.05, 3.63) is 47.4 Å². The number of Topliss-reactive ketones (excluding diaryl/α,β-unsaturated/α-hetero) is 1. The highest BCUT2D eigenvalue weighted by Crippen LogP contribution is 2.58. The van der Waals surface area contributed by atoms with E-state index in [0.29, 0.717) is 73.7 Å². The Morgan fingerprint density at radius 2 is 1.84 bits per heavy atom. The molecule has 1 saturated heterocycles. The smallest absolute Gasteiger partial charge is 0.407 e. The molecule has 4 heterocycles. The van der Waals surface area contributed by atoms with Crippen LogP contribution in [-0.2, 0) is 35.6 Å². The zero-order valence-corrected chi connectivity index (χ0v) is 34.3. The van der Waals surface area contributed by atoms with Gasteiger partial charge in [-0.25, -0.2) is 22.6 Å². The lowest BCUT2D eigenvalue weighted by atomic mass is 9.85. The van der Waals surface area contributed by atoms with Gasteiger partial charge in [0.25, 0.3) is 0 Å². The van der Waals surface area contributed by atoms with Gasteiger partial charge in [0, 0.05) is 29.7 Å². The predicted octanol–water partition coefficient (Wildman–Crippen LogP) is 6.54. The lowest BCUT2D eigenvalue weighted by Crippen LogP contribution is -2.53. The van der Waals surface area contributed by atoms with Gasteiger partial charge in [-0.2, -0.15) is 0 Å². The number of pyridine rings is 1. The number of benzene rings is 1. The number of sulfonamides is 1. The first-order valence-electron chi connectivity index (χ1n) is 20.7. The minimum absolute atomic E-state index is 0.0530. The molecule has 3 amide bonds. The molecule has 8 rings (SSSR count). The minimum atomic E-state index is -3.97. The summed E-state index contributed by atoms with van der Waals surface area (Å²) in [6.07, 6.45) is 10.3. The second-order valence-electron chi connectivity index (χ2n) is 19.1. The van der Waals surface area contributed by atoms with Gasteiger partial charge in [0.15, 0.2) is 5.78 Å². The number of ether oxygens (including phenoxy) is 2. The van der Waals surface area contributed by atoms with Crippen LogP contribution in [-0.4, -0.2) is 77.6 Å². The zero-order valence-electron chi connectivity index (χ0n) is 33.5. The molecule has 0 radical (unpaired) electrons. The van der Waals surface area contributed by atoms with Gasteiger partial charge in [0.1, 0.15) is 28.7 Å². The van der Waals surface area contributed by atoms with Crippen LogP contribution in [0.15, 0.2) is 30.4 Å². The second kappa shape index (κ2) is 14.3. The Labute approximate surface area is 334 Å². The Hall–Kier alpha value is -4.07. The van der Waals surface area contributed by atoms with E-state index in [9.17, 15) is 27.6 Å². The van der Waals surface area contributed by atoms with E-state index >= 15 is 4.39 Å². The van der Waals surface area contributed by atoms with Gasteiger partial charge in [-0.1, -0.05) is 57.9 Å². The summed E-state index contributed by atoms with van der Waals surface area (Å²) >= 11 is 0. The Kier molecular flexibility index (Phi) is 10.00. The average Bonchev–Trinajstić information content (AvgIpc) is 4.09. The van der Waals surface area contributed by atoms with Gasteiger partial charge in [-0.15, -0.1) is 0 Å². The number of fused-ring (bicyclic) bond motifs is 5. The van der Waals surface area contributed by atoms with Gasteiger partial charge in [0.05, 0.1) is 35.0 Å². The highest BCUT2D eigenvalue weighted by Gasteiger charge is 2.63. The lowest BCUT2D eigenvalue weighted by molar-refractivity contribution is -0.140. The number of carbonyl (C=O) groups excluding carboxylic acids is 4. The van der Waals surface area contributed by atoms with Gasteiger partial charge in [0.2, 0.25) is 21.8 Å². The maximum Gasteiger partial charge on any atom is 0.407 e. The fourth-order valence-corrected chi connectivity index (χ4v) is 10.3. The first kappa shape index (κ1) is 39.7. The number of aromatic nitrogens is 1. The number of halogens is 1. The molecule has 1 aromatic heterocycles. The molecule has 14 heteroatoms. The summed E-state index contributed by atoms with van der Waals surface area (Å²) in [5, 5.41) is 3.50. The SMILES string of the molecule is CC(C)(C)COC(=O)N[C@H]1CCCCC/C=C\[C@@H]2C[C@@]2(C(=O)NS(=O)(=O)C2(C)CC2)CC(=O)[C@@H]2C[C@]3(CCc4c(c(C5CC5)nc5c(F)cccc45)O3)CN2C1=O. The Morgan fingerprint density at radius 3 is 2.56 bits per heavy atom. The zero-order chi connectivity index (χ0) is 40.5. The van der Waals surface area contributed by atoms with Gasteiger partial charge in [-0.3, -0.25) is 19.1 Å². The number of para-hydroxylation sites is 1. The molecule has 3 saturated carbocycles. The number of amides is 3. The van der Waals surface area contributed by atoms with Crippen molar-refractivity contribution in [2.45, 2.75) is 146 Å². The second-order valence-corrected chi connectivity index (χ2v) is 21.3. The minimum Gasteiger partial charge on any atom is -0.483 e. The fourth-order valence-electron chi connectivity index (χ4n) is 8.98. The van der Waals surface area contributed by atoms with E-state index in [1.54, 1.807) is 13.0 Å². The van der Waals surface area contributed by atoms with E-state index < -0.39 is 61.6 Å². The number of nitrogens with zero attached hydrogens (tertiary/aromatic N) is 2. The number of aryl methyl sites for hydroxylation is 1. The van der Waals surface area contributed by atoms with Crippen LogP contribution < -0.4 is 14.8 Å². The molecule has 2 N–H and O–H groups in total. The van der Waals surface area contributed by atoms with E-state index in [2.05, 4.69) is 10.0 Å². The van der Waals surface area contributed by atoms with E-state index in [1.807, 2.05) is 39.0 Å². The molecule has 57 heavy (non-hydrogen) atoms. The first-order chi connectivity index (χ1) is 26.9. The van der Waals surface area contributed by atoms with Crippen molar-refractivity contribution in [2.75, 3.05) is 13.2 Å². The molecule has 3 aliphatic heterocycles. The maximum atomic E-state index is 15.1. The molecule has 4 fully saturated rings. The van der Waals surface area contributed by atoms with Crippen molar-refractivity contribution in [3.63, 3.8) is 0 Å². The number of rotatable bonds is 6. The fraction of sp³-hybridized carbons (Fsp3) is 0.651. The van der Waals surface area contributed by atoms with Crippen molar-refractivity contribution in [1.29, 1.82) is 0 Å². The van der Waals surface area contributed by atoms with Crippen molar-refractivity contribution >= 4 is 44.6 Å². The van der Waals surface area contributed by atoms with Crippen LogP contribution in [0.5, 0.6) is 5.75 Å². The molecule has 5 atom stereocenters. The number of alkyl carbamates (subject to hydrolysis) is 1. The highest BCUT2D eigenvalue weighted by molar-refractivity contribution is 7.91. The number of carbonyl (C=O) groups is 4. The summed E-state index contributed by atoms with van der Waals surface area (Å²) in [7, 11) is -3.97. The molecule has 1 aromatic carbocycles. The predicted molar refractivity (Wildman–Crippen MR) is 210 cm³/mol. The molecular formula is C43H55FN4O8S. The average molecular weight is 807 g/mol. The van der Waals surface area contributed by atoms with E-state index in [0.717, 1.165) is 31.2 Å². The van der Waals surface area contributed by atoms with Gasteiger partial charge in [-0.05, 0) is 88.5 Å². The molecule has 1 spiro atoms. The summed E-state index contributed by atoms with van der Waals surface area (Å²) in [5.41, 5.74) is -0.711. The van der Waals surface area contributed by atoms with Crippen LogP contribution in [0.3, 0.4) is 0 Å². The number of ketones is 1. The maximum absolute atomic E-state index is 15.1. The topological polar surface area (TPSA) is 161 Å². The summed E-state index contributed by atoms with van der Waals surface area (Å²) < 4.78 is 55.5. The molecule has 0 unspecified atom stereocenters. The van der Waals surface area contributed by atoms with Crippen molar-refractivity contribution in [1.82, 2.24) is 19.9 Å². The van der Waals surface area contributed by atoms with Crippen molar-refractivity contribution < 1.29 is 41.5 Å². The van der Waals surface area contributed by atoms with Crippen LogP contribution in [0, 0.1) is 22.6 Å². The highest BCUT2D eigenvalue weighted by atomic mass is 32.2. The largest absolute Gasteiger partial charge is 0.483 e. The number of allylic oxidation sites excluding steroid dienone is 2. The third kappa shape index (κ3) is 7.79. The number of nitrogens with one attached hydrogen (secondary N) is 2. The summed E-state index contributed by atoms with van der Waals surface area (Å²) in [5.74, 6) is -1.50. The Balaban J connectivity index is 1.14. The third-order valence-corrected chi connectivity index (χ3v) is 15.2. The normalized spacial score (nSPS) is 30.5. The van der Waals surface area contributed by atoms with Crippen LogP contribution in [0.25, 0.3) is 10.9 Å². The van der Waals surface area contributed by atoms with Crippen LogP contribution in [0.2, 0.25) is 0 Å². The summed E-state index contributed by atoms with van der Waals surface area (Å²) in [6, 6.07) is 2.92. The first-order valence-corrected chi connectivity index (χ1v) is 22.2. The lowest BCUT2D eigenvalue weighted by Gasteiger charge is -2.37. The molecular weight excluding hydrogens is 752 g/mol. The molecule has 0 bridgehead atoms.